The number of fused-ring (bicyclic) bond motifs is 2. The average Bonchev–Trinajstić information content (AvgIpc) is 1.57. The lowest BCUT2D eigenvalue weighted by atomic mass is 9.77. The number of Topliss-reactive ketones (excluding diaryl/α,β-unsaturated/α-hetero) is 1. The minimum atomic E-state index is -1.66. The third-order valence-corrected chi connectivity index (χ3v) is 17.4. The van der Waals surface area contributed by atoms with Gasteiger partial charge in [-0.2, -0.15) is 4.58 Å². The molecule has 96 heavy (non-hydrogen) atoms. The summed E-state index contributed by atoms with van der Waals surface area (Å²) in [6.07, 6.45) is 9.01. The summed E-state index contributed by atoms with van der Waals surface area (Å²) in [5, 5.41) is 87.9. The van der Waals surface area contributed by atoms with Gasteiger partial charge in [0.25, 0.3) is 21.7 Å². The number of allylic oxidation sites excluding steroid dienone is 5. The van der Waals surface area contributed by atoms with Crippen molar-refractivity contribution in [3.8, 4) is 11.5 Å². The summed E-state index contributed by atoms with van der Waals surface area (Å²) in [4.78, 5) is 160. The van der Waals surface area contributed by atoms with Crippen molar-refractivity contribution in [3.63, 3.8) is 0 Å². The molecular weight excluding hydrogens is 1250 g/mol. The molecule has 3 aliphatic rings. The van der Waals surface area contributed by atoms with Gasteiger partial charge >= 0.3 is 35.9 Å². The molecule has 0 unspecified atom stereocenters. The second kappa shape index (κ2) is 32.0. The number of aliphatic carboxylic acids is 4. The number of para-hydroxylation sites is 2. The number of anilines is 3. The van der Waals surface area contributed by atoms with E-state index in [9.17, 15) is 98.1 Å². The first-order chi connectivity index (χ1) is 45.5. The summed E-state index contributed by atoms with van der Waals surface area (Å²) < 4.78 is 2.15. The number of unbranched alkanes of at least 4 members (excludes halogenated alkanes) is 6. The molecule has 6 amide bonds. The Morgan fingerprint density at radius 3 is 1.46 bits per heavy atom. The number of aliphatic hydroxyl groups is 1. The Kier molecular flexibility index (Phi) is 24.2. The van der Waals surface area contributed by atoms with Crippen LogP contribution in [0.25, 0.3) is 0 Å². The molecule has 1 aliphatic carbocycles. The highest BCUT2D eigenvalue weighted by molar-refractivity contribution is 6.24. The Labute approximate surface area is 549 Å². The number of carboxylic acids is 4. The van der Waals surface area contributed by atoms with Crippen LogP contribution in [0.2, 0.25) is 0 Å². The SMILES string of the molecule is CC1(C)C(/C=C2/C(=O)C(/C=C3\N(CCCCCC(=O)NCCCC[C@H](NC(=O)N[C@@H](CNc4c(O)c(=O)c4=O)C(=O)O)C(=O)O)c4ccccc4C3(C)C)=C2O)=[N+](CCCCCC(=O)NCCCC[C@H](NC(=O)N[C@@H](CNc2c(O)c(=O)c2=O)C(=O)O)C(=O)O)c2ccccc21. The molecule has 0 fully saturated rings. The largest absolute Gasteiger partial charge is 0.506 e. The summed E-state index contributed by atoms with van der Waals surface area (Å²) >= 11 is 0. The lowest BCUT2D eigenvalue weighted by Crippen LogP contribution is -2.53. The number of carboxylic acid groups (broad SMARTS) is 4. The fraction of sp³-hybridized carbons (Fsp3) is 0.455. The third kappa shape index (κ3) is 17.2. The summed E-state index contributed by atoms with van der Waals surface area (Å²) in [5.41, 5.74) is -0.459. The van der Waals surface area contributed by atoms with Crippen LogP contribution in [-0.2, 0) is 44.4 Å². The Morgan fingerprint density at radius 2 is 0.979 bits per heavy atom. The molecule has 30 heteroatoms. The average molecular weight is 1330 g/mol. The van der Waals surface area contributed by atoms with E-state index in [-0.39, 0.29) is 86.1 Å². The van der Waals surface area contributed by atoms with E-state index in [1.54, 1.807) is 12.2 Å². The molecule has 15 N–H and O–H groups in total. The van der Waals surface area contributed by atoms with E-state index in [4.69, 9.17) is 0 Å². The molecule has 0 radical (unpaired) electrons. The lowest BCUT2D eigenvalue weighted by molar-refractivity contribution is -0.438. The molecule has 0 spiro atoms. The topological polar surface area (TPSA) is 466 Å². The minimum Gasteiger partial charge on any atom is -0.506 e. The predicted octanol–water partition coefficient (Wildman–Crippen LogP) is 3.00. The van der Waals surface area contributed by atoms with Crippen molar-refractivity contribution in [2.24, 2.45) is 0 Å². The molecule has 4 aromatic rings. The number of rotatable bonds is 38. The molecule has 0 aromatic heterocycles. The van der Waals surface area contributed by atoms with Crippen LogP contribution in [0.15, 0.2) is 102 Å². The van der Waals surface area contributed by atoms with E-state index < -0.39 is 129 Å². The summed E-state index contributed by atoms with van der Waals surface area (Å²) in [6.45, 7) is 8.63. The smallest absolute Gasteiger partial charge is 0.328 e. The van der Waals surface area contributed by atoms with Gasteiger partial charge in [-0.1, -0.05) is 56.7 Å². The number of nitrogens with zero attached hydrogens (tertiary/aromatic N) is 2. The van der Waals surface area contributed by atoms with Gasteiger partial charge in [-0.25, -0.2) is 28.8 Å². The van der Waals surface area contributed by atoms with Crippen molar-refractivity contribution in [1.82, 2.24) is 31.9 Å². The monoisotopic (exact) mass is 1330 g/mol. The highest BCUT2D eigenvalue weighted by Gasteiger charge is 2.47. The van der Waals surface area contributed by atoms with Gasteiger partial charge in [0, 0.05) is 86.5 Å². The number of benzene rings is 2. The number of amides is 6. The zero-order chi connectivity index (χ0) is 70.3. The highest BCUT2D eigenvalue weighted by Crippen LogP contribution is 2.49. The van der Waals surface area contributed by atoms with Crippen LogP contribution >= 0.6 is 0 Å². The van der Waals surface area contributed by atoms with Crippen LogP contribution in [-0.4, -0.2) is 163 Å². The maximum absolute atomic E-state index is 14.3. The van der Waals surface area contributed by atoms with Crippen molar-refractivity contribution in [1.29, 1.82) is 0 Å². The highest BCUT2D eigenvalue weighted by atomic mass is 16.4. The first-order valence-electron chi connectivity index (χ1n) is 31.6. The fourth-order valence-corrected chi connectivity index (χ4v) is 11.8. The number of hydrogen-bond donors (Lipinski definition) is 15. The van der Waals surface area contributed by atoms with Gasteiger partial charge in [-0.3, -0.25) is 33.6 Å². The Morgan fingerprint density at radius 1 is 0.521 bits per heavy atom. The van der Waals surface area contributed by atoms with E-state index in [1.807, 2.05) is 48.5 Å². The molecule has 0 saturated carbocycles. The molecular formula is C66H81N10O20+. The molecule has 4 atom stereocenters. The summed E-state index contributed by atoms with van der Waals surface area (Å²) in [5.74, 6) is -8.41. The van der Waals surface area contributed by atoms with Gasteiger partial charge in [-0.05, 0) is 95.8 Å². The van der Waals surface area contributed by atoms with Crippen molar-refractivity contribution in [3.05, 3.63) is 135 Å². The second-order valence-electron chi connectivity index (χ2n) is 24.8. The van der Waals surface area contributed by atoms with Gasteiger partial charge < -0.3 is 83.2 Å². The zero-order valence-electron chi connectivity index (χ0n) is 53.6. The Hall–Kier alpha value is -10.7. The Balaban J connectivity index is 0.855. The number of hydrogen-bond acceptors (Lipinski definition) is 19. The van der Waals surface area contributed by atoms with Crippen LogP contribution in [0, 0.1) is 0 Å². The number of carbonyl (C=O) groups is 9. The first kappa shape index (κ1) is 72.7. The standard InChI is InChI=1S/C66H80N10O20/c1-65(2)37-19-9-11-23-43(37)75(29-17-5-7-25-47(77)67-27-15-13-21-39(59(87)88)71-63(95)73-41(61(91)92)33-69-49-53(81)57(85)54(49)82)45(65)31-35-51(79)36(52(35)80)32-46-66(3,4)38-20-10-12-24-44(38)76(46)30-18-6-8-26-48(78)68-28-16-14-22-40(60(89)90)72-64(96)74-42(62(93)94)34-70-50-55(83)58(86)56(50)84/h9-12,19-20,23-24,31-32,39-42H,5-8,13-18,21-22,25-30,33-34H2,1-4H3,(H14,67,68,69,70,71,72,73,74,77,78,79,80,81,82,83,84,85,86,87,88,89,90,91,92,93,94,95,96)/p+1/b45-31-/t39-,40-,41-,42-/m0/s1. The van der Waals surface area contributed by atoms with Gasteiger partial charge in [0.05, 0.1) is 16.6 Å². The number of ketones is 1. The molecule has 2 aliphatic heterocycles. The van der Waals surface area contributed by atoms with E-state index >= 15 is 0 Å². The summed E-state index contributed by atoms with van der Waals surface area (Å²) in [6, 6.07) is 7.50. The number of nitrogens with one attached hydrogen (secondary N) is 8. The van der Waals surface area contributed by atoms with Gasteiger partial charge in [0.15, 0.2) is 17.2 Å². The lowest BCUT2D eigenvalue weighted by Gasteiger charge is -2.29. The van der Waals surface area contributed by atoms with Crippen molar-refractivity contribution in [2.75, 3.05) is 54.8 Å². The third-order valence-electron chi connectivity index (χ3n) is 17.4. The van der Waals surface area contributed by atoms with Gasteiger partial charge in [0.1, 0.15) is 47.8 Å². The Bertz CT molecular complexity index is 3960. The number of carbonyl (C=O) groups excluding carboxylic acids is 5. The first-order valence-corrected chi connectivity index (χ1v) is 31.6. The van der Waals surface area contributed by atoms with Gasteiger partial charge in [0.2, 0.25) is 23.3 Å². The van der Waals surface area contributed by atoms with E-state index in [2.05, 4.69) is 79.7 Å². The van der Waals surface area contributed by atoms with Crippen LogP contribution in [0.5, 0.6) is 11.5 Å². The number of aliphatic hydroxyl groups excluding tert-OH is 1. The zero-order valence-corrected chi connectivity index (χ0v) is 53.6. The predicted molar refractivity (Wildman–Crippen MR) is 350 cm³/mol. The minimum absolute atomic E-state index is 0.0476. The van der Waals surface area contributed by atoms with E-state index in [0.29, 0.717) is 64.5 Å². The van der Waals surface area contributed by atoms with Crippen LogP contribution < -0.4 is 69.1 Å². The molecule has 0 bridgehead atoms. The molecule has 0 saturated heterocycles. The molecule has 4 aromatic carbocycles. The van der Waals surface area contributed by atoms with E-state index in [1.165, 1.54) is 0 Å². The fourth-order valence-electron chi connectivity index (χ4n) is 11.8. The van der Waals surface area contributed by atoms with Crippen molar-refractivity contribution < 1.29 is 83.5 Å². The van der Waals surface area contributed by atoms with Crippen LogP contribution in [0.4, 0.5) is 32.3 Å². The van der Waals surface area contributed by atoms with Crippen LogP contribution in [0.3, 0.4) is 0 Å². The maximum atomic E-state index is 14.3. The molecule has 30 nitrogen and oxygen atoms in total. The molecule has 7 rings (SSSR count). The van der Waals surface area contributed by atoms with Crippen molar-refractivity contribution in [2.45, 2.75) is 153 Å². The van der Waals surface area contributed by atoms with E-state index in [0.717, 1.165) is 33.9 Å². The second-order valence-corrected chi connectivity index (χ2v) is 24.8. The number of aromatic hydroxyl groups is 2. The molecule has 2 heterocycles. The van der Waals surface area contributed by atoms with Crippen molar-refractivity contribution >= 4 is 82.0 Å². The van der Waals surface area contributed by atoms with Crippen LogP contribution in [0.1, 0.15) is 129 Å². The number of urea groups is 2. The maximum Gasteiger partial charge on any atom is 0.328 e. The van der Waals surface area contributed by atoms with Gasteiger partial charge in [-0.15, -0.1) is 0 Å². The molecule has 514 valence electrons. The normalized spacial score (nSPS) is 16.5. The quantitative estimate of drug-likeness (QED) is 0.0133. The summed E-state index contributed by atoms with van der Waals surface area (Å²) in [7, 11) is 0.